The molecule has 0 spiro atoms. The molecule has 0 bridgehead atoms. The second kappa shape index (κ2) is 8.19. The Hall–Kier alpha value is -0.950. The lowest BCUT2D eigenvalue weighted by Gasteiger charge is -2.03. The van der Waals surface area contributed by atoms with Gasteiger partial charge < -0.3 is 0 Å². The number of benzene rings is 1. The fourth-order valence-electron chi connectivity index (χ4n) is 1.48. The molecule has 1 atom stereocenters. The Morgan fingerprint density at radius 3 is 2.59 bits per heavy atom. The van der Waals surface area contributed by atoms with E-state index in [0.717, 1.165) is 0 Å². The molecule has 1 aromatic rings. The minimum absolute atomic E-state index is 0.654. The molecule has 1 aromatic carbocycles. The van der Waals surface area contributed by atoms with Crippen molar-refractivity contribution in [3.63, 3.8) is 0 Å². The molecule has 0 aromatic heterocycles. The van der Waals surface area contributed by atoms with Gasteiger partial charge in [0.25, 0.3) is 0 Å². The summed E-state index contributed by atoms with van der Waals surface area (Å²) >= 11 is 1.79. The van der Waals surface area contributed by atoms with Gasteiger partial charge in [0.2, 0.25) is 0 Å². The molecule has 0 nitrogen and oxygen atoms in total. The van der Waals surface area contributed by atoms with Crippen molar-refractivity contribution >= 4 is 11.8 Å². The van der Waals surface area contributed by atoms with Crippen LogP contribution in [0.5, 0.6) is 0 Å². The van der Waals surface area contributed by atoms with Crippen molar-refractivity contribution in [1.29, 1.82) is 0 Å². The molecule has 0 saturated carbocycles. The van der Waals surface area contributed by atoms with Gasteiger partial charge in [-0.15, -0.1) is 0 Å². The van der Waals surface area contributed by atoms with Gasteiger partial charge in [-0.05, 0) is 50.1 Å². The molecule has 0 heterocycles. The molecule has 0 fully saturated rings. The zero-order valence-corrected chi connectivity index (χ0v) is 11.8. The number of rotatable bonds is 6. The van der Waals surface area contributed by atoms with Gasteiger partial charge in [0.05, 0.1) is 0 Å². The molecule has 1 unspecified atom stereocenters. The summed E-state index contributed by atoms with van der Waals surface area (Å²) in [5.74, 6) is 0.654. The van der Waals surface area contributed by atoms with Crippen LogP contribution in [0.1, 0.15) is 33.6 Å². The summed E-state index contributed by atoms with van der Waals surface area (Å²) in [5.41, 5.74) is 1.42. The molecular weight excluding hydrogens is 224 g/mol. The van der Waals surface area contributed by atoms with E-state index in [2.05, 4.69) is 68.7 Å². The maximum Gasteiger partial charge on any atom is 0.0116 e. The standard InChI is InChI=1S/C16H22S/c1-14(2)8-7-9-15(3)12-13-17-16-10-5-4-6-11-16/h4-6,8,10-13,15H,7,9H2,1-3H3. The SMILES string of the molecule is CC(C)=CCCC(C)C=CSc1ccccc1. The zero-order valence-electron chi connectivity index (χ0n) is 11.0. The third-order valence-corrected chi connectivity index (χ3v) is 3.37. The van der Waals surface area contributed by atoms with Gasteiger partial charge in [0.1, 0.15) is 0 Å². The molecule has 17 heavy (non-hydrogen) atoms. The minimum atomic E-state index is 0.654. The zero-order chi connectivity index (χ0) is 12.5. The fraction of sp³-hybridized carbons (Fsp3) is 0.375. The summed E-state index contributed by atoms with van der Waals surface area (Å²) in [4.78, 5) is 1.31. The molecule has 1 rings (SSSR count). The molecule has 0 saturated heterocycles. The summed E-state index contributed by atoms with van der Waals surface area (Å²) < 4.78 is 0. The molecule has 0 N–H and O–H groups in total. The second-order valence-corrected chi connectivity index (χ2v) is 5.57. The predicted molar refractivity (Wildman–Crippen MR) is 79.3 cm³/mol. The quantitative estimate of drug-likeness (QED) is 0.460. The van der Waals surface area contributed by atoms with Crippen LogP contribution in [0.2, 0.25) is 0 Å². The number of allylic oxidation sites excluding steroid dienone is 3. The topological polar surface area (TPSA) is 0 Å². The molecule has 0 amide bonds. The number of thioether (sulfide) groups is 1. The van der Waals surface area contributed by atoms with Crippen molar-refractivity contribution in [1.82, 2.24) is 0 Å². The van der Waals surface area contributed by atoms with Crippen LogP contribution < -0.4 is 0 Å². The van der Waals surface area contributed by atoms with Crippen LogP contribution in [-0.4, -0.2) is 0 Å². The van der Waals surface area contributed by atoms with E-state index in [1.54, 1.807) is 11.8 Å². The first-order valence-corrected chi connectivity index (χ1v) is 7.08. The van der Waals surface area contributed by atoms with E-state index < -0.39 is 0 Å². The fourth-order valence-corrected chi connectivity index (χ4v) is 2.30. The Kier molecular flexibility index (Phi) is 6.80. The average molecular weight is 246 g/mol. The summed E-state index contributed by atoms with van der Waals surface area (Å²) in [6, 6.07) is 10.5. The Morgan fingerprint density at radius 1 is 1.24 bits per heavy atom. The Bertz CT molecular complexity index is 358. The third kappa shape index (κ3) is 7.06. The summed E-state index contributed by atoms with van der Waals surface area (Å²) in [7, 11) is 0. The highest BCUT2D eigenvalue weighted by Crippen LogP contribution is 2.20. The monoisotopic (exact) mass is 246 g/mol. The molecule has 0 aliphatic heterocycles. The van der Waals surface area contributed by atoms with E-state index >= 15 is 0 Å². The van der Waals surface area contributed by atoms with Crippen LogP contribution in [0.25, 0.3) is 0 Å². The maximum atomic E-state index is 2.31. The molecular formula is C16H22S. The van der Waals surface area contributed by atoms with Gasteiger partial charge >= 0.3 is 0 Å². The molecule has 1 heteroatoms. The summed E-state index contributed by atoms with van der Waals surface area (Å²) in [6.07, 6.45) is 7.03. The van der Waals surface area contributed by atoms with E-state index in [4.69, 9.17) is 0 Å². The highest BCUT2D eigenvalue weighted by molar-refractivity contribution is 8.02. The van der Waals surface area contributed by atoms with E-state index in [0.29, 0.717) is 5.92 Å². The molecule has 92 valence electrons. The molecule has 0 aliphatic rings. The smallest absolute Gasteiger partial charge is 0.0116 e. The predicted octanol–water partition coefficient (Wildman–Crippen LogP) is 5.67. The summed E-state index contributed by atoms with van der Waals surface area (Å²) in [5, 5.41) is 2.21. The van der Waals surface area contributed by atoms with Crippen LogP contribution in [0.15, 0.2) is 58.4 Å². The lowest BCUT2D eigenvalue weighted by atomic mass is 10.1. The summed E-state index contributed by atoms with van der Waals surface area (Å²) in [6.45, 7) is 6.60. The van der Waals surface area contributed by atoms with Gasteiger partial charge in [0.15, 0.2) is 0 Å². The van der Waals surface area contributed by atoms with Gasteiger partial charge in [-0.2, -0.15) is 0 Å². The van der Waals surface area contributed by atoms with Crippen molar-refractivity contribution in [2.75, 3.05) is 0 Å². The van der Waals surface area contributed by atoms with Gasteiger partial charge in [-0.25, -0.2) is 0 Å². The number of hydrogen-bond acceptors (Lipinski definition) is 1. The van der Waals surface area contributed by atoms with E-state index in [1.807, 2.05) is 0 Å². The van der Waals surface area contributed by atoms with Crippen molar-refractivity contribution in [2.24, 2.45) is 5.92 Å². The van der Waals surface area contributed by atoms with Crippen molar-refractivity contribution in [2.45, 2.75) is 38.5 Å². The molecule has 0 aliphatic carbocycles. The Balaban J connectivity index is 2.26. The lowest BCUT2D eigenvalue weighted by molar-refractivity contribution is 0.657. The van der Waals surface area contributed by atoms with Gasteiger partial charge in [-0.1, -0.05) is 54.6 Å². The second-order valence-electron chi connectivity index (χ2n) is 4.60. The van der Waals surface area contributed by atoms with Crippen molar-refractivity contribution < 1.29 is 0 Å². The lowest BCUT2D eigenvalue weighted by Crippen LogP contribution is -1.87. The first-order chi connectivity index (χ1) is 8.18. The average Bonchev–Trinajstić information content (AvgIpc) is 2.30. The first-order valence-electron chi connectivity index (χ1n) is 6.20. The highest BCUT2D eigenvalue weighted by Gasteiger charge is 1.95. The Morgan fingerprint density at radius 2 is 1.94 bits per heavy atom. The van der Waals surface area contributed by atoms with Crippen molar-refractivity contribution in [3.05, 3.63) is 53.5 Å². The Labute approximate surface area is 110 Å². The first kappa shape index (κ1) is 14.1. The van der Waals surface area contributed by atoms with E-state index in [1.165, 1.54) is 23.3 Å². The van der Waals surface area contributed by atoms with E-state index in [-0.39, 0.29) is 0 Å². The third-order valence-electron chi connectivity index (χ3n) is 2.53. The van der Waals surface area contributed by atoms with Gasteiger partial charge in [-0.3, -0.25) is 0 Å². The normalized spacial score (nSPS) is 12.6. The highest BCUT2D eigenvalue weighted by atomic mass is 32.2. The van der Waals surface area contributed by atoms with Crippen LogP contribution >= 0.6 is 11.8 Å². The van der Waals surface area contributed by atoms with Crippen LogP contribution in [0.4, 0.5) is 0 Å². The molecule has 0 radical (unpaired) electrons. The van der Waals surface area contributed by atoms with Crippen LogP contribution in [0.3, 0.4) is 0 Å². The van der Waals surface area contributed by atoms with Crippen molar-refractivity contribution in [3.8, 4) is 0 Å². The van der Waals surface area contributed by atoms with Crippen LogP contribution in [-0.2, 0) is 0 Å². The minimum Gasteiger partial charge on any atom is -0.0984 e. The largest absolute Gasteiger partial charge is 0.0984 e. The number of hydrogen-bond donors (Lipinski definition) is 0. The van der Waals surface area contributed by atoms with Crippen LogP contribution in [0, 0.1) is 5.92 Å². The maximum absolute atomic E-state index is 2.31. The van der Waals surface area contributed by atoms with E-state index in [9.17, 15) is 0 Å². The van der Waals surface area contributed by atoms with Gasteiger partial charge in [0, 0.05) is 4.90 Å².